The standard InChI is InChI=1S/C20H17ClF3N3O3/c1-2-9-27-19(29)14-6-4-3-5-13(14)17(26-27)18(28)25-15-10-12(21)7-8-16(15)30-11-20(22,23)24/h3-8,10H,2,9,11H2,1H3,(H,25,28). The van der Waals surface area contributed by atoms with E-state index in [1.807, 2.05) is 6.92 Å². The molecular formula is C20H17ClF3N3O3. The van der Waals surface area contributed by atoms with E-state index in [4.69, 9.17) is 16.3 Å². The maximum atomic E-state index is 13.0. The van der Waals surface area contributed by atoms with Gasteiger partial charge in [0.2, 0.25) is 0 Å². The number of nitrogens with one attached hydrogen (secondary N) is 1. The Morgan fingerprint density at radius 1 is 1.20 bits per heavy atom. The van der Waals surface area contributed by atoms with Crippen LogP contribution in [0.3, 0.4) is 0 Å². The maximum absolute atomic E-state index is 13.0. The van der Waals surface area contributed by atoms with Crippen LogP contribution >= 0.6 is 11.6 Å². The minimum absolute atomic E-state index is 0.0413. The average Bonchev–Trinajstić information content (AvgIpc) is 2.69. The van der Waals surface area contributed by atoms with Crippen LogP contribution in [0.15, 0.2) is 47.3 Å². The number of anilines is 1. The van der Waals surface area contributed by atoms with Crippen LogP contribution in [-0.2, 0) is 6.54 Å². The first-order valence-electron chi connectivity index (χ1n) is 9.00. The lowest BCUT2D eigenvalue weighted by Crippen LogP contribution is -2.27. The number of halogens is 4. The molecule has 6 nitrogen and oxygen atoms in total. The molecule has 30 heavy (non-hydrogen) atoms. The molecule has 0 atom stereocenters. The molecule has 3 aromatic rings. The summed E-state index contributed by atoms with van der Waals surface area (Å²) in [6, 6.07) is 10.3. The Morgan fingerprint density at radius 2 is 1.90 bits per heavy atom. The zero-order valence-corrected chi connectivity index (χ0v) is 16.5. The summed E-state index contributed by atoms with van der Waals surface area (Å²) in [5.74, 6) is -0.911. The molecular weight excluding hydrogens is 423 g/mol. The van der Waals surface area contributed by atoms with Crippen LogP contribution in [0, 0.1) is 0 Å². The lowest BCUT2D eigenvalue weighted by atomic mass is 10.1. The number of carbonyl (C=O) groups excluding carboxylic acids is 1. The van der Waals surface area contributed by atoms with Gasteiger partial charge in [0.25, 0.3) is 11.5 Å². The third-order valence-electron chi connectivity index (χ3n) is 4.10. The van der Waals surface area contributed by atoms with E-state index in [1.54, 1.807) is 24.3 Å². The van der Waals surface area contributed by atoms with E-state index in [0.29, 0.717) is 23.7 Å². The van der Waals surface area contributed by atoms with Crippen molar-refractivity contribution in [3.8, 4) is 5.75 Å². The van der Waals surface area contributed by atoms with Crippen LogP contribution < -0.4 is 15.6 Å². The maximum Gasteiger partial charge on any atom is 0.422 e. The minimum atomic E-state index is -4.55. The number of hydrogen-bond donors (Lipinski definition) is 1. The Kier molecular flexibility index (Phi) is 6.31. The summed E-state index contributed by atoms with van der Waals surface area (Å²) < 4.78 is 43.6. The molecule has 3 rings (SSSR count). The number of fused-ring (bicyclic) bond motifs is 1. The van der Waals surface area contributed by atoms with Crippen molar-refractivity contribution in [2.45, 2.75) is 26.1 Å². The Labute approximate surface area is 174 Å². The van der Waals surface area contributed by atoms with Gasteiger partial charge in [-0.3, -0.25) is 9.59 Å². The molecule has 0 saturated heterocycles. The van der Waals surface area contributed by atoms with E-state index < -0.39 is 18.7 Å². The van der Waals surface area contributed by atoms with Gasteiger partial charge in [0, 0.05) is 17.0 Å². The van der Waals surface area contributed by atoms with Gasteiger partial charge in [0.15, 0.2) is 12.3 Å². The number of rotatable bonds is 6. The lowest BCUT2D eigenvalue weighted by Gasteiger charge is -2.15. The number of hydrogen-bond acceptors (Lipinski definition) is 4. The summed E-state index contributed by atoms with van der Waals surface area (Å²) in [5, 5.41) is 7.48. The zero-order valence-electron chi connectivity index (χ0n) is 15.8. The van der Waals surface area contributed by atoms with Crippen molar-refractivity contribution in [1.82, 2.24) is 9.78 Å². The van der Waals surface area contributed by atoms with Gasteiger partial charge in [0.1, 0.15) is 5.75 Å². The molecule has 0 fully saturated rings. The molecule has 0 aliphatic carbocycles. The first-order chi connectivity index (χ1) is 14.2. The first-order valence-corrected chi connectivity index (χ1v) is 9.37. The normalized spacial score (nSPS) is 11.5. The molecule has 2 aromatic carbocycles. The Hall–Kier alpha value is -3.07. The molecule has 1 aromatic heterocycles. The van der Waals surface area contributed by atoms with E-state index in [9.17, 15) is 22.8 Å². The second kappa shape index (κ2) is 8.74. The number of benzene rings is 2. The SMILES string of the molecule is CCCn1nc(C(=O)Nc2cc(Cl)ccc2OCC(F)(F)F)c2ccccc2c1=O. The van der Waals surface area contributed by atoms with E-state index in [1.165, 1.54) is 22.9 Å². The predicted octanol–water partition coefficient (Wildman–Crippen LogP) is 4.65. The summed E-state index contributed by atoms with van der Waals surface area (Å²) >= 11 is 5.93. The van der Waals surface area contributed by atoms with Crippen molar-refractivity contribution in [1.29, 1.82) is 0 Å². The van der Waals surface area contributed by atoms with Crippen LogP contribution in [0.1, 0.15) is 23.8 Å². The van der Waals surface area contributed by atoms with Gasteiger partial charge in [-0.1, -0.05) is 36.7 Å². The molecule has 1 amide bonds. The van der Waals surface area contributed by atoms with E-state index in [2.05, 4.69) is 10.4 Å². The number of alkyl halides is 3. The number of aromatic nitrogens is 2. The van der Waals surface area contributed by atoms with E-state index >= 15 is 0 Å². The van der Waals surface area contributed by atoms with Crippen molar-refractivity contribution in [3.05, 3.63) is 63.5 Å². The van der Waals surface area contributed by atoms with Gasteiger partial charge in [0.05, 0.1) is 11.1 Å². The highest BCUT2D eigenvalue weighted by molar-refractivity contribution is 6.31. The number of ether oxygens (including phenoxy) is 1. The third-order valence-corrected chi connectivity index (χ3v) is 4.33. The van der Waals surface area contributed by atoms with Crippen molar-refractivity contribution in [2.24, 2.45) is 0 Å². The van der Waals surface area contributed by atoms with Gasteiger partial charge in [-0.15, -0.1) is 0 Å². The van der Waals surface area contributed by atoms with Crippen LogP contribution in [-0.4, -0.2) is 28.5 Å². The predicted molar refractivity (Wildman–Crippen MR) is 107 cm³/mol. The van der Waals surface area contributed by atoms with Crippen molar-refractivity contribution in [3.63, 3.8) is 0 Å². The Bertz CT molecular complexity index is 1150. The molecule has 0 bridgehead atoms. The molecule has 1 N–H and O–H groups in total. The highest BCUT2D eigenvalue weighted by atomic mass is 35.5. The summed E-state index contributed by atoms with van der Waals surface area (Å²) in [5.41, 5.74) is -0.419. The first kappa shape index (κ1) is 21.6. The van der Waals surface area contributed by atoms with Gasteiger partial charge in [-0.2, -0.15) is 18.3 Å². The monoisotopic (exact) mass is 439 g/mol. The highest BCUT2D eigenvalue weighted by Crippen LogP contribution is 2.30. The quantitative estimate of drug-likeness (QED) is 0.606. The molecule has 158 valence electrons. The molecule has 0 radical (unpaired) electrons. The number of nitrogens with zero attached hydrogens (tertiary/aromatic N) is 2. The fraction of sp³-hybridized carbons (Fsp3) is 0.250. The molecule has 0 aliphatic rings. The van der Waals surface area contributed by atoms with E-state index in [0.717, 1.165) is 0 Å². The molecule has 0 saturated carbocycles. The Morgan fingerprint density at radius 3 is 2.57 bits per heavy atom. The minimum Gasteiger partial charge on any atom is -0.482 e. The Balaban J connectivity index is 2.01. The second-order valence-corrected chi connectivity index (χ2v) is 6.86. The molecule has 0 unspecified atom stereocenters. The zero-order chi connectivity index (χ0) is 21.9. The van der Waals surface area contributed by atoms with Crippen molar-refractivity contribution in [2.75, 3.05) is 11.9 Å². The van der Waals surface area contributed by atoms with Gasteiger partial charge in [-0.05, 0) is 30.7 Å². The fourth-order valence-electron chi connectivity index (χ4n) is 2.83. The summed E-state index contributed by atoms with van der Waals surface area (Å²) in [7, 11) is 0. The molecule has 0 spiro atoms. The van der Waals surface area contributed by atoms with Gasteiger partial charge < -0.3 is 10.1 Å². The largest absolute Gasteiger partial charge is 0.482 e. The summed E-state index contributed by atoms with van der Waals surface area (Å²) in [6.45, 7) is 0.639. The van der Waals surface area contributed by atoms with Gasteiger partial charge in [-0.25, -0.2) is 4.68 Å². The topological polar surface area (TPSA) is 73.2 Å². The summed E-state index contributed by atoms with van der Waals surface area (Å²) in [4.78, 5) is 25.5. The highest BCUT2D eigenvalue weighted by Gasteiger charge is 2.29. The third kappa shape index (κ3) is 4.91. The van der Waals surface area contributed by atoms with Crippen LogP contribution in [0.4, 0.5) is 18.9 Å². The van der Waals surface area contributed by atoms with Crippen LogP contribution in [0.5, 0.6) is 5.75 Å². The molecule has 0 aliphatic heterocycles. The average molecular weight is 440 g/mol. The van der Waals surface area contributed by atoms with Crippen LogP contribution in [0.25, 0.3) is 10.8 Å². The fourth-order valence-corrected chi connectivity index (χ4v) is 3.01. The van der Waals surface area contributed by atoms with Crippen molar-refractivity contribution < 1.29 is 22.7 Å². The molecule has 10 heteroatoms. The van der Waals surface area contributed by atoms with Gasteiger partial charge >= 0.3 is 6.18 Å². The number of amides is 1. The summed E-state index contributed by atoms with van der Waals surface area (Å²) in [6.07, 6.45) is -3.93. The van der Waals surface area contributed by atoms with E-state index in [-0.39, 0.29) is 27.7 Å². The molecule has 1 heterocycles. The number of aryl methyl sites for hydroxylation is 1. The van der Waals surface area contributed by atoms with Crippen LogP contribution in [0.2, 0.25) is 5.02 Å². The lowest BCUT2D eigenvalue weighted by molar-refractivity contribution is -0.153. The second-order valence-electron chi connectivity index (χ2n) is 6.42. The number of carbonyl (C=O) groups is 1. The van der Waals surface area contributed by atoms with Crippen molar-refractivity contribution >= 4 is 34.0 Å². The smallest absolute Gasteiger partial charge is 0.422 e.